The van der Waals surface area contributed by atoms with E-state index in [0.717, 1.165) is 5.57 Å². The van der Waals surface area contributed by atoms with Crippen LogP contribution in [0.5, 0.6) is 0 Å². The van der Waals surface area contributed by atoms with Gasteiger partial charge in [0.05, 0.1) is 0 Å². The van der Waals surface area contributed by atoms with Crippen molar-refractivity contribution in [2.24, 2.45) is 5.92 Å². The lowest BCUT2D eigenvalue weighted by molar-refractivity contribution is 0.623. The first-order chi connectivity index (χ1) is 6.11. The van der Waals surface area contributed by atoms with Gasteiger partial charge in [0.25, 0.3) is 0 Å². The minimum absolute atomic E-state index is 0.142. The van der Waals surface area contributed by atoms with Gasteiger partial charge in [0.1, 0.15) is 5.82 Å². The fraction of sp³-hybridized carbons (Fsp3) is 0.333. The van der Waals surface area contributed by atoms with E-state index in [0.29, 0.717) is 11.5 Å². The summed E-state index contributed by atoms with van der Waals surface area (Å²) >= 11 is 0. The van der Waals surface area contributed by atoms with Gasteiger partial charge in [0.2, 0.25) is 0 Å². The third-order valence-electron chi connectivity index (χ3n) is 1.88. The van der Waals surface area contributed by atoms with E-state index in [1.165, 1.54) is 6.07 Å². The Labute approximate surface area is 79.1 Å². The first-order valence-corrected chi connectivity index (χ1v) is 4.54. The van der Waals surface area contributed by atoms with Gasteiger partial charge in [0, 0.05) is 5.56 Å². The molecule has 0 spiro atoms. The van der Waals surface area contributed by atoms with Crippen LogP contribution >= 0.6 is 0 Å². The van der Waals surface area contributed by atoms with Crippen molar-refractivity contribution in [1.82, 2.24) is 0 Å². The Kier molecular flexibility index (Phi) is 3.24. The highest BCUT2D eigenvalue weighted by atomic mass is 19.1. The van der Waals surface area contributed by atoms with Crippen LogP contribution in [0.3, 0.4) is 0 Å². The van der Waals surface area contributed by atoms with E-state index in [-0.39, 0.29) is 5.82 Å². The summed E-state index contributed by atoms with van der Waals surface area (Å²) in [6.07, 6.45) is 2.07. The fourth-order valence-electron chi connectivity index (χ4n) is 1.37. The number of halogens is 1. The Morgan fingerprint density at radius 3 is 2.46 bits per heavy atom. The van der Waals surface area contributed by atoms with Crippen LogP contribution in [0, 0.1) is 11.7 Å². The predicted molar refractivity (Wildman–Crippen MR) is 54.9 cm³/mol. The Hall–Kier alpha value is -1.11. The predicted octanol–water partition coefficient (Wildman–Crippen LogP) is 3.89. The average molecular weight is 178 g/mol. The molecule has 0 saturated carbocycles. The van der Waals surface area contributed by atoms with Crippen molar-refractivity contribution in [3.63, 3.8) is 0 Å². The van der Waals surface area contributed by atoms with Crippen molar-refractivity contribution in [3.8, 4) is 0 Å². The number of rotatable bonds is 2. The molecule has 1 aromatic rings. The summed E-state index contributed by atoms with van der Waals surface area (Å²) in [5, 5.41) is 0. The molecule has 0 aliphatic heterocycles. The Morgan fingerprint density at radius 2 is 1.92 bits per heavy atom. The summed E-state index contributed by atoms with van der Waals surface area (Å²) < 4.78 is 13.2. The van der Waals surface area contributed by atoms with Gasteiger partial charge in [-0.05, 0) is 24.5 Å². The molecule has 0 unspecified atom stereocenters. The number of hydrogen-bond donors (Lipinski definition) is 0. The third-order valence-corrected chi connectivity index (χ3v) is 1.88. The molecule has 0 aromatic heterocycles. The summed E-state index contributed by atoms with van der Waals surface area (Å²) in [7, 11) is 0. The zero-order chi connectivity index (χ0) is 9.84. The van der Waals surface area contributed by atoms with Gasteiger partial charge in [-0.25, -0.2) is 4.39 Å². The van der Waals surface area contributed by atoms with Crippen molar-refractivity contribution in [1.29, 1.82) is 0 Å². The Balaban J connectivity index is 3.02. The van der Waals surface area contributed by atoms with Gasteiger partial charge in [-0.15, -0.1) is 0 Å². The van der Waals surface area contributed by atoms with Gasteiger partial charge in [-0.1, -0.05) is 38.1 Å². The standard InChI is InChI=1S/C12H15F/c1-9(2)8-10(3)11-6-4-5-7-12(11)13/h4-9H,1-3H3/b10-8+. The van der Waals surface area contributed by atoms with Crippen LogP contribution in [-0.2, 0) is 0 Å². The van der Waals surface area contributed by atoms with E-state index in [4.69, 9.17) is 0 Å². The van der Waals surface area contributed by atoms with E-state index in [9.17, 15) is 4.39 Å². The van der Waals surface area contributed by atoms with Crippen LogP contribution in [0.25, 0.3) is 5.57 Å². The normalized spacial score (nSPS) is 12.2. The molecule has 1 aromatic carbocycles. The summed E-state index contributed by atoms with van der Waals surface area (Å²) in [6, 6.07) is 6.87. The van der Waals surface area contributed by atoms with E-state index in [1.54, 1.807) is 6.07 Å². The Morgan fingerprint density at radius 1 is 1.31 bits per heavy atom. The maximum Gasteiger partial charge on any atom is 0.130 e. The van der Waals surface area contributed by atoms with Gasteiger partial charge in [-0.3, -0.25) is 0 Å². The van der Waals surface area contributed by atoms with E-state index in [1.807, 2.05) is 19.1 Å². The average Bonchev–Trinajstić information content (AvgIpc) is 2.03. The van der Waals surface area contributed by atoms with Crippen molar-refractivity contribution in [2.75, 3.05) is 0 Å². The minimum atomic E-state index is -0.142. The summed E-state index contributed by atoms with van der Waals surface area (Å²) in [5.41, 5.74) is 1.71. The van der Waals surface area contributed by atoms with Crippen LogP contribution in [0.1, 0.15) is 26.3 Å². The van der Waals surface area contributed by atoms with Crippen molar-refractivity contribution >= 4 is 5.57 Å². The molecule has 0 saturated heterocycles. The first kappa shape index (κ1) is 9.97. The fourth-order valence-corrected chi connectivity index (χ4v) is 1.37. The van der Waals surface area contributed by atoms with Gasteiger partial charge >= 0.3 is 0 Å². The second kappa shape index (κ2) is 4.22. The van der Waals surface area contributed by atoms with E-state index < -0.39 is 0 Å². The molecular weight excluding hydrogens is 163 g/mol. The van der Waals surface area contributed by atoms with Gasteiger partial charge in [-0.2, -0.15) is 0 Å². The van der Waals surface area contributed by atoms with Crippen molar-refractivity contribution in [2.45, 2.75) is 20.8 Å². The van der Waals surface area contributed by atoms with Crippen LogP contribution in [-0.4, -0.2) is 0 Å². The quantitative estimate of drug-likeness (QED) is 0.644. The highest BCUT2D eigenvalue weighted by molar-refractivity contribution is 5.64. The zero-order valence-corrected chi connectivity index (χ0v) is 8.34. The SMILES string of the molecule is C/C(=C\C(C)C)c1ccccc1F. The van der Waals surface area contributed by atoms with Crippen LogP contribution in [0.2, 0.25) is 0 Å². The number of hydrogen-bond acceptors (Lipinski definition) is 0. The minimum Gasteiger partial charge on any atom is -0.206 e. The maximum atomic E-state index is 13.2. The summed E-state index contributed by atoms with van der Waals surface area (Å²) in [6.45, 7) is 6.12. The molecule has 0 nitrogen and oxygen atoms in total. The molecule has 0 heterocycles. The summed E-state index contributed by atoms with van der Waals surface area (Å²) in [5.74, 6) is 0.316. The molecule has 0 fully saturated rings. The largest absolute Gasteiger partial charge is 0.206 e. The second-order valence-corrected chi connectivity index (χ2v) is 3.57. The molecule has 0 radical (unpaired) electrons. The second-order valence-electron chi connectivity index (χ2n) is 3.57. The molecule has 0 bridgehead atoms. The lowest BCUT2D eigenvalue weighted by Gasteiger charge is -2.04. The van der Waals surface area contributed by atoms with Crippen LogP contribution < -0.4 is 0 Å². The molecule has 13 heavy (non-hydrogen) atoms. The first-order valence-electron chi connectivity index (χ1n) is 4.54. The monoisotopic (exact) mass is 178 g/mol. The highest BCUT2D eigenvalue weighted by Gasteiger charge is 2.02. The molecule has 0 amide bonds. The molecule has 1 rings (SSSR count). The maximum absolute atomic E-state index is 13.2. The lowest BCUT2D eigenvalue weighted by Crippen LogP contribution is -1.88. The molecule has 70 valence electrons. The van der Waals surface area contributed by atoms with Crippen molar-refractivity contribution < 1.29 is 4.39 Å². The molecule has 0 aliphatic carbocycles. The molecule has 1 heteroatoms. The number of allylic oxidation sites excluding steroid dienone is 2. The van der Waals surface area contributed by atoms with Gasteiger partial charge < -0.3 is 0 Å². The highest BCUT2D eigenvalue weighted by Crippen LogP contribution is 2.18. The van der Waals surface area contributed by atoms with Crippen LogP contribution in [0.4, 0.5) is 4.39 Å². The van der Waals surface area contributed by atoms with E-state index in [2.05, 4.69) is 19.9 Å². The summed E-state index contributed by atoms with van der Waals surface area (Å²) in [4.78, 5) is 0. The van der Waals surface area contributed by atoms with Crippen LogP contribution in [0.15, 0.2) is 30.3 Å². The zero-order valence-electron chi connectivity index (χ0n) is 8.34. The molecule has 0 N–H and O–H groups in total. The third kappa shape index (κ3) is 2.69. The topological polar surface area (TPSA) is 0 Å². The molecular formula is C12H15F. The molecule has 0 aliphatic rings. The Bertz CT molecular complexity index is 311. The lowest BCUT2D eigenvalue weighted by atomic mass is 10.0. The van der Waals surface area contributed by atoms with Gasteiger partial charge in [0.15, 0.2) is 0 Å². The molecule has 0 atom stereocenters. The smallest absolute Gasteiger partial charge is 0.130 e. The van der Waals surface area contributed by atoms with E-state index >= 15 is 0 Å². The van der Waals surface area contributed by atoms with Crippen molar-refractivity contribution in [3.05, 3.63) is 41.7 Å². The number of benzene rings is 1.